The lowest BCUT2D eigenvalue weighted by Crippen LogP contribution is -2.46. The molecule has 5 aromatic rings. The van der Waals surface area contributed by atoms with Crippen molar-refractivity contribution in [2.45, 2.75) is 39.0 Å². The van der Waals surface area contributed by atoms with Gasteiger partial charge in [-0.05, 0) is 37.5 Å². The van der Waals surface area contributed by atoms with E-state index in [1.54, 1.807) is 20.2 Å². The zero-order chi connectivity index (χ0) is 33.4. The number of aromatic nitrogens is 6. The minimum Gasteiger partial charge on any atom is -0.480 e. The van der Waals surface area contributed by atoms with Gasteiger partial charge in [0.05, 0.1) is 36.7 Å². The number of benzene rings is 2. The Balaban J connectivity index is 1.34. The largest absolute Gasteiger partial charge is 0.480 e. The normalized spacial score (nSPS) is 16.4. The molecule has 13 nitrogen and oxygen atoms in total. The van der Waals surface area contributed by atoms with Gasteiger partial charge < -0.3 is 25.2 Å². The van der Waals surface area contributed by atoms with Crippen molar-refractivity contribution in [2.24, 2.45) is 14.1 Å². The maximum absolute atomic E-state index is 13.2. The Morgan fingerprint density at radius 1 is 1.04 bits per heavy atom. The first-order chi connectivity index (χ1) is 22.6. The van der Waals surface area contributed by atoms with Crippen molar-refractivity contribution in [3.63, 3.8) is 0 Å². The summed E-state index contributed by atoms with van der Waals surface area (Å²) in [6.45, 7) is 4.91. The topological polar surface area (TPSA) is 158 Å². The van der Waals surface area contributed by atoms with Crippen LogP contribution in [-0.2, 0) is 25.4 Å². The molecule has 3 N–H and O–H groups in total. The molecular formula is C33H35ClN8O5. The van der Waals surface area contributed by atoms with Crippen LogP contribution in [0.2, 0.25) is 5.02 Å². The van der Waals surface area contributed by atoms with Gasteiger partial charge in [0, 0.05) is 50.1 Å². The van der Waals surface area contributed by atoms with Gasteiger partial charge in [0.2, 0.25) is 5.88 Å². The number of aliphatic hydroxyl groups is 1. The van der Waals surface area contributed by atoms with E-state index in [-0.39, 0.29) is 17.1 Å². The molecule has 0 spiro atoms. The van der Waals surface area contributed by atoms with Crippen LogP contribution in [0.3, 0.4) is 0 Å². The Morgan fingerprint density at radius 2 is 1.79 bits per heavy atom. The van der Waals surface area contributed by atoms with E-state index in [0.29, 0.717) is 71.4 Å². The number of aliphatic hydroxyl groups excluding tert-OH is 1. The summed E-state index contributed by atoms with van der Waals surface area (Å²) >= 11 is 7.07. The first-order valence-corrected chi connectivity index (χ1v) is 15.5. The van der Waals surface area contributed by atoms with Crippen molar-refractivity contribution in [1.29, 1.82) is 0 Å². The Labute approximate surface area is 275 Å². The van der Waals surface area contributed by atoms with E-state index in [1.165, 1.54) is 18.7 Å². The van der Waals surface area contributed by atoms with Gasteiger partial charge in [0.25, 0.3) is 5.56 Å². The molecule has 14 heteroatoms. The van der Waals surface area contributed by atoms with Gasteiger partial charge in [0.1, 0.15) is 22.7 Å². The van der Waals surface area contributed by atoms with E-state index in [4.69, 9.17) is 26.1 Å². The summed E-state index contributed by atoms with van der Waals surface area (Å²) in [6.07, 6.45) is 1.77. The molecule has 0 aliphatic carbocycles. The summed E-state index contributed by atoms with van der Waals surface area (Å²) in [4.78, 5) is 44.0. The first-order valence-electron chi connectivity index (χ1n) is 15.1. The van der Waals surface area contributed by atoms with Crippen molar-refractivity contribution < 1.29 is 14.6 Å². The number of aryl methyl sites for hydroxylation is 2. The Kier molecular flexibility index (Phi) is 9.06. The Bertz CT molecular complexity index is 2110. The summed E-state index contributed by atoms with van der Waals surface area (Å²) in [5.41, 5.74) is 4.30. The van der Waals surface area contributed by atoms with E-state index < -0.39 is 17.4 Å². The van der Waals surface area contributed by atoms with E-state index in [9.17, 15) is 14.7 Å². The highest BCUT2D eigenvalue weighted by Crippen LogP contribution is 2.39. The predicted molar refractivity (Wildman–Crippen MR) is 179 cm³/mol. The van der Waals surface area contributed by atoms with Crippen molar-refractivity contribution in [3.05, 3.63) is 85.5 Å². The second-order valence-corrected chi connectivity index (χ2v) is 11.8. The number of methoxy groups -OCH3 is 1. The molecule has 1 saturated heterocycles. The highest BCUT2D eigenvalue weighted by atomic mass is 35.5. The third-order valence-corrected chi connectivity index (χ3v) is 8.83. The van der Waals surface area contributed by atoms with E-state index in [0.717, 1.165) is 21.3 Å². The van der Waals surface area contributed by atoms with Crippen LogP contribution in [0.15, 0.2) is 52.2 Å². The van der Waals surface area contributed by atoms with Crippen molar-refractivity contribution in [1.82, 2.24) is 34.4 Å². The molecule has 1 aliphatic heterocycles. The number of fused-ring (bicyclic) bond motifs is 1. The molecule has 0 bridgehead atoms. The average Bonchev–Trinajstić information content (AvgIpc) is 3.07. The highest BCUT2D eigenvalue weighted by Gasteiger charge is 2.24. The van der Waals surface area contributed by atoms with Crippen molar-refractivity contribution in [3.8, 4) is 28.3 Å². The minimum absolute atomic E-state index is 0.106. The molecule has 0 radical (unpaired) electrons. The fraction of sp³-hybridized carbons (Fsp3) is 0.333. The van der Waals surface area contributed by atoms with Gasteiger partial charge in [-0.25, -0.2) is 19.7 Å². The molecule has 244 valence electrons. The molecule has 1 aliphatic rings. The van der Waals surface area contributed by atoms with Gasteiger partial charge in [-0.15, -0.1) is 0 Å². The predicted octanol–water partition coefficient (Wildman–Crippen LogP) is 3.41. The lowest BCUT2D eigenvalue weighted by Gasteiger charge is -2.28. The third-order valence-electron chi connectivity index (χ3n) is 8.43. The second-order valence-electron chi connectivity index (χ2n) is 11.4. The fourth-order valence-corrected chi connectivity index (χ4v) is 6.11. The molecule has 0 amide bonds. The second kappa shape index (κ2) is 13.2. The number of nitrogens with one attached hydrogen (secondary N) is 2. The number of nitrogens with zero attached hydrogens (tertiary/aromatic N) is 6. The van der Waals surface area contributed by atoms with Gasteiger partial charge in [-0.2, -0.15) is 0 Å². The van der Waals surface area contributed by atoms with Crippen LogP contribution in [-0.4, -0.2) is 66.6 Å². The van der Waals surface area contributed by atoms with Crippen molar-refractivity contribution >= 4 is 34.1 Å². The number of anilines is 2. The van der Waals surface area contributed by atoms with Gasteiger partial charge >= 0.3 is 5.69 Å². The number of rotatable bonds is 8. The summed E-state index contributed by atoms with van der Waals surface area (Å²) < 4.78 is 13.3. The molecular weight excluding hydrogens is 624 g/mol. The van der Waals surface area contributed by atoms with Gasteiger partial charge in [0.15, 0.2) is 5.65 Å². The fourth-order valence-electron chi connectivity index (χ4n) is 5.79. The van der Waals surface area contributed by atoms with Crippen LogP contribution < -0.4 is 26.6 Å². The molecule has 3 aromatic heterocycles. The maximum atomic E-state index is 13.2. The molecule has 47 heavy (non-hydrogen) atoms. The van der Waals surface area contributed by atoms with Gasteiger partial charge in [-0.1, -0.05) is 41.9 Å². The Morgan fingerprint density at radius 3 is 2.55 bits per heavy atom. The minimum atomic E-state index is -0.590. The zero-order valence-corrected chi connectivity index (χ0v) is 27.4. The lowest BCUT2D eigenvalue weighted by atomic mass is 9.96. The van der Waals surface area contributed by atoms with Gasteiger partial charge in [-0.3, -0.25) is 18.9 Å². The standard InChI is InChI=1S/C33H35ClN8O5/c1-17-19(8-7-11-22(17)39-29-27-30(38-18(2)37-29)41(3)33(45)42(4)32(27)44)20-9-6-10-21(28(20)34)24-14-36-25(31(40-24)46-5)15-35-23-12-13-47-16-26(23)43/h6-11,14,23,26,35,43H,12-13,15-16H2,1-5H3,(H,37,38,39). The Hall–Kier alpha value is -4.69. The average molecular weight is 659 g/mol. The molecule has 2 aromatic carbocycles. The highest BCUT2D eigenvalue weighted by molar-refractivity contribution is 6.36. The number of ether oxygens (including phenoxy) is 2. The summed E-state index contributed by atoms with van der Waals surface area (Å²) in [5, 5.41) is 17.6. The van der Waals surface area contributed by atoms with Crippen LogP contribution in [0.4, 0.5) is 11.5 Å². The monoisotopic (exact) mass is 658 g/mol. The summed E-state index contributed by atoms with van der Waals surface area (Å²) in [7, 11) is 4.54. The summed E-state index contributed by atoms with van der Waals surface area (Å²) in [5.74, 6) is 1.07. The number of hydrogen-bond acceptors (Lipinski definition) is 11. The zero-order valence-electron chi connectivity index (χ0n) is 26.7. The molecule has 2 atom stereocenters. The smallest absolute Gasteiger partial charge is 0.332 e. The van der Waals surface area contributed by atoms with Crippen LogP contribution >= 0.6 is 11.6 Å². The SMILES string of the molecule is COc1nc(-c2cccc(-c3cccc(Nc4nc(C)nc5c4c(=O)n(C)c(=O)n5C)c3C)c2Cl)cnc1CNC1CCOCC1O. The van der Waals surface area contributed by atoms with Crippen LogP contribution in [0.5, 0.6) is 5.88 Å². The van der Waals surface area contributed by atoms with Crippen LogP contribution in [0.1, 0.15) is 23.5 Å². The number of halogens is 1. The quantitative estimate of drug-likeness (QED) is 0.224. The van der Waals surface area contributed by atoms with Crippen molar-refractivity contribution in [2.75, 3.05) is 25.6 Å². The third kappa shape index (κ3) is 6.10. The van der Waals surface area contributed by atoms with E-state index >= 15 is 0 Å². The maximum Gasteiger partial charge on any atom is 0.332 e. The molecule has 6 rings (SSSR count). The van der Waals surface area contributed by atoms with Crippen LogP contribution in [0, 0.1) is 13.8 Å². The molecule has 1 fully saturated rings. The first kappa shape index (κ1) is 32.3. The van der Waals surface area contributed by atoms with Crippen LogP contribution in [0.25, 0.3) is 33.4 Å². The molecule has 0 saturated carbocycles. The van der Waals surface area contributed by atoms with E-state index in [2.05, 4.69) is 25.6 Å². The molecule has 2 unspecified atom stereocenters. The summed E-state index contributed by atoms with van der Waals surface area (Å²) in [6, 6.07) is 11.3. The number of hydrogen-bond donors (Lipinski definition) is 3. The lowest BCUT2D eigenvalue weighted by molar-refractivity contribution is -0.0281. The van der Waals surface area contributed by atoms with E-state index in [1.807, 2.05) is 43.3 Å². The molecule has 4 heterocycles.